The van der Waals surface area contributed by atoms with Crippen molar-refractivity contribution in [1.29, 1.82) is 5.26 Å². The molecule has 2 N–H and O–H groups in total. The maximum atomic E-state index is 12.6. The molecule has 2 rings (SSSR count). The van der Waals surface area contributed by atoms with E-state index in [-0.39, 0.29) is 16.2 Å². The molecule has 0 amide bonds. The summed E-state index contributed by atoms with van der Waals surface area (Å²) in [7, 11) is -3.64. The Labute approximate surface area is 141 Å². The fourth-order valence-electron chi connectivity index (χ4n) is 2.93. The highest BCUT2D eigenvalue weighted by atomic mass is 32.2. The zero-order valence-electron chi connectivity index (χ0n) is 13.6. The number of nitrogens with one attached hydrogen (secondary N) is 1. The standard InChI is InChI=1S/C17H18N2O4S/c1-4-24(22,23)16-11(3)19-10(2)14(17(20)21)15(16)13-7-5-6-12(8-13)9-18/h5-8,15,19H,4H2,1-3H3,(H,20,21). The quantitative estimate of drug-likeness (QED) is 0.866. The highest BCUT2D eigenvalue weighted by molar-refractivity contribution is 7.95. The summed E-state index contributed by atoms with van der Waals surface area (Å²) in [5, 5.41) is 21.6. The Balaban J connectivity index is 2.81. The van der Waals surface area contributed by atoms with E-state index >= 15 is 0 Å². The van der Waals surface area contributed by atoms with Gasteiger partial charge in [0.15, 0.2) is 9.84 Å². The Hall–Kier alpha value is -2.59. The molecular formula is C17H18N2O4S. The minimum Gasteiger partial charge on any atom is -0.478 e. The third-order valence-electron chi connectivity index (χ3n) is 3.99. The first kappa shape index (κ1) is 17.8. The molecule has 1 atom stereocenters. The average molecular weight is 346 g/mol. The number of carboxylic acids is 1. The third kappa shape index (κ3) is 3.05. The number of hydrogen-bond acceptors (Lipinski definition) is 5. The zero-order valence-corrected chi connectivity index (χ0v) is 14.4. The largest absolute Gasteiger partial charge is 0.478 e. The van der Waals surface area contributed by atoms with Crippen molar-refractivity contribution in [2.75, 3.05) is 5.75 Å². The molecule has 0 aliphatic carbocycles. The Morgan fingerprint density at radius 1 is 1.33 bits per heavy atom. The van der Waals surface area contributed by atoms with Crippen LogP contribution in [0.2, 0.25) is 0 Å². The Morgan fingerprint density at radius 2 is 2.00 bits per heavy atom. The molecular weight excluding hydrogens is 328 g/mol. The van der Waals surface area contributed by atoms with Gasteiger partial charge in [-0.1, -0.05) is 19.1 Å². The Morgan fingerprint density at radius 3 is 2.54 bits per heavy atom. The number of hydrogen-bond donors (Lipinski definition) is 2. The summed E-state index contributed by atoms with van der Waals surface area (Å²) >= 11 is 0. The third-order valence-corrected chi connectivity index (χ3v) is 5.97. The smallest absolute Gasteiger partial charge is 0.334 e. The molecule has 0 radical (unpaired) electrons. The topological polar surface area (TPSA) is 107 Å². The van der Waals surface area contributed by atoms with E-state index in [0.29, 0.717) is 22.5 Å². The number of carbonyl (C=O) groups is 1. The number of allylic oxidation sites excluding steroid dienone is 3. The van der Waals surface area contributed by atoms with Crippen molar-refractivity contribution in [2.24, 2.45) is 0 Å². The van der Waals surface area contributed by atoms with Gasteiger partial charge in [0.05, 0.1) is 33.8 Å². The second-order valence-electron chi connectivity index (χ2n) is 5.53. The first-order chi connectivity index (χ1) is 11.2. The number of carboxylic acid groups (broad SMARTS) is 1. The second-order valence-corrected chi connectivity index (χ2v) is 7.78. The molecule has 0 spiro atoms. The number of nitrogens with zero attached hydrogens (tertiary/aromatic N) is 1. The lowest BCUT2D eigenvalue weighted by atomic mass is 9.86. The number of dihydropyridines is 1. The van der Waals surface area contributed by atoms with Gasteiger partial charge in [-0.2, -0.15) is 5.26 Å². The van der Waals surface area contributed by atoms with Gasteiger partial charge in [-0.15, -0.1) is 0 Å². The van der Waals surface area contributed by atoms with E-state index in [1.807, 2.05) is 6.07 Å². The minimum absolute atomic E-state index is 0.0253. The van der Waals surface area contributed by atoms with Gasteiger partial charge in [0, 0.05) is 11.4 Å². The van der Waals surface area contributed by atoms with E-state index in [1.165, 1.54) is 13.0 Å². The van der Waals surface area contributed by atoms with E-state index in [2.05, 4.69) is 5.32 Å². The van der Waals surface area contributed by atoms with Crippen LogP contribution >= 0.6 is 0 Å². The first-order valence-corrected chi connectivity index (χ1v) is 9.02. The van der Waals surface area contributed by atoms with Crippen LogP contribution in [0.3, 0.4) is 0 Å². The lowest BCUT2D eigenvalue weighted by molar-refractivity contribution is -0.133. The number of aliphatic carboxylic acids is 1. The van der Waals surface area contributed by atoms with Crippen LogP contribution in [0.1, 0.15) is 37.8 Å². The fraction of sp³-hybridized carbons (Fsp3) is 0.294. The number of sulfone groups is 1. The van der Waals surface area contributed by atoms with Gasteiger partial charge in [0.2, 0.25) is 0 Å². The van der Waals surface area contributed by atoms with Gasteiger partial charge in [0.1, 0.15) is 0 Å². The van der Waals surface area contributed by atoms with E-state index in [4.69, 9.17) is 5.26 Å². The molecule has 1 heterocycles. The van der Waals surface area contributed by atoms with Gasteiger partial charge in [-0.05, 0) is 31.5 Å². The zero-order chi connectivity index (χ0) is 18.1. The molecule has 1 aromatic carbocycles. The van der Waals surface area contributed by atoms with Crippen molar-refractivity contribution in [3.8, 4) is 6.07 Å². The van der Waals surface area contributed by atoms with Gasteiger partial charge in [0.25, 0.3) is 0 Å². The van der Waals surface area contributed by atoms with Crippen LogP contribution in [-0.4, -0.2) is 25.2 Å². The summed E-state index contributed by atoms with van der Waals surface area (Å²) in [6.07, 6.45) is 0. The SMILES string of the molecule is CCS(=O)(=O)C1=C(C)NC(C)=C(C(=O)O)C1c1cccc(C#N)c1. The fourth-order valence-corrected chi connectivity index (χ4v) is 4.37. The summed E-state index contributed by atoms with van der Waals surface area (Å²) < 4.78 is 25.2. The lowest BCUT2D eigenvalue weighted by Crippen LogP contribution is -2.31. The molecule has 1 aliphatic rings. The second kappa shape index (κ2) is 6.49. The van der Waals surface area contributed by atoms with Crippen LogP contribution < -0.4 is 5.32 Å². The average Bonchev–Trinajstić information content (AvgIpc) is 2.53. The van der Waals surface area contributed by atoms with Crippen LogP contribution in [-0.2, 0) is 14.6 Å². The molecule has 126 valence electrons. The molecule has 24 heavy (non-hydrogen) atoms. The molecule has 0 fully saturated rings. The van der Waals surface area contributed by atoms with Gasteiger partial charge < -0.3 is 10.4 Å². The molecule has 1 aliphatic heterocycles. The van der Waals surface area contributed by atoms with Crippen molar-refractivity contribution < 1.29 is 18.3 Å². The maximum Gasteiger partial charge on any atom is 0.334 e. The van der Waals surface area contributed by atoms with Crippen molar-refractivity contribution in [2.45, 2.75) is 26.7 Å². The highest BCUT2D eigenvalue weighted by Gasteiger charge is 2.38. The van der Waals surface area contributed by atoms with Crippen LogP contribution in [0.25, 0.3) is 0 Å². The normalized spacial score (nSPS) is 18.2. The lowest BCUT2D eigenvalue weighted by Gasteiger charge is -2.30. The molecule has 0 saturated heterocycles. The molecule has 7 heteroatoms. The molecule has 0 saturated carbocycles. The van der Waals surface area contributed by atoms with E-state index < -0.39 is 21.7 Å². The molecule has 1 unspecified atom stereocenters. The van der Waals surface area contributed by atoms with Crippen molar-refractivity contribution >= 4 is 15.8 Å². The molecule has 6 nitrogen and oxygen atoms in total. The molecule has 1 aromatic rings. The molecule has 0 aromatic heterocycles. The first-order valence-electron chi connectivity index (χ1n) is 7.37. The van der Waals surface area contributed by atoms with Crippen LogP contribution in [0, 0.1) is 11.3 Å². The van der Waals surface area contributed by atoms with Gasteiger partial charge >= 0.3 is 5.97 Å². The van der Waals surface area contributed by atoms with E-state index in [1.54, 1.807) is 32.0 Å². The monoisotopic (exact) mass is 346 g/mol. The Kier molecular flexibility index (Phi) is 4.81. The predicted octanol–water partition coefficient (Wildman–Crippen LogP) is 2.27. The summed E-state index contributed by atoms with van der Waals surface area (Å²) in [6, 6.07) is 8.38. The van der Waals surface area contributed by atoms with Gasteiger partial charge in [-0.3, -0.25) is 0 Å². The summed E-state index contributed by atoms with van der Waals surface area (Å²) in [4.78, 5) is 11.8. The van der Waals surface area contributed by atoms with E-state index in [0.717, 1.165) is 0 Å². The van der Waals surface area contributed by atoms with E-state index in [9.17, 15) is 18.3 Å². The van der Waals surface area contributed by atoms with Gasteiger partial charge in [-0.25, -0.2) is 13.2 Å². The maximum absolute atomic E-state index is 12.6. The summed E-state index contributed by atoms with van der Waals surface area (Å²) in [5.74, 6) is -2.27. The van der Waals surface area contributed by atoms with Crippen LogP contribution in [0.15, 0.2) is 46.1 Å². The van der Waals surface area contributed by atoms with Crippen molar-refractivity contribution in [3.05, 3.63) is 57.3 Å². The Bertz CT molecular complexity index is 905. The number of rotatable bonds is 4. The minimum atomic E-state index is -3.64. The molecule has 0 bridgehead atoms. The number of nitriles is 1. The van der Waals surface area contributed by atoms with Crippen LogP contribution in [0.4, 0.5) is 0 Å². The summed E-state index contributed by atoms with van der Waals surface area (Å²) in [5.41, 5.74) is 1.59. The van der Waals surface area contributed by atoms with Crippen molar-refractivity contribution in [1.82, 2.24) is 5.32 Å². The highest BCUT2D eigenvalue weighted by Crippen LogP contribution is 2.41. The van der Waals surface area contributed by atoms with Crippen molar-refractivity contribution in [3.63, 3.8) is 0 Å². The van der Waals surface area contributed by atoms with Crippen LogP contribution in [0.5, 0.6) is 0 Å². The summed E-state index contributed by atoms with van der Waals surface area (Å²) in [6.45, 7) is 4.74. The number of benzene rings is 1. The predicted molar refractivity (Wildman–Crippen MR) is 89.5 cm³/mol.